The van der Waals surface area contributed by atoms with Crippen LogP contribution in [0.1, 0.15) is 5.56 Å². The van der Waals surface area contributed by atoms with Gasteiger partial charge in [0, 0.05) is 18.0 Å². The van der Waals surface area contributed by atoms with Gasteiger partial charge in [-0.2, -0.15) is 0 Å². The summed E-state index contributed by atoms with van der Waals surface area (Å²) in [5.74, 6) is 0.398. The maximum atomic E-state index is 5.72. The minimum absolute atomic E-state index is 0.398. The first-order valence-electron chi connectivity index (χ1n) is 4.41. The molecule has 4 nitrogen and oxygen atoms in total. The van der Waals surface area contributed by atoms with Crippen molar-refractivity contribution in [1.82, 2.24) is 4.98 Å². The maximum Gasteiger partial charge on any atom is 0.278 e. The Kier molecular flexibility index (Phi) is 3.24. The van der Waals surface area contributed by atoms with Gasteiger partial charge in [-0.25, -0.2) is 0 Å². The van der Waals surface area contributed by atoms with Crippen LogP contribution in [0.3, 0.4) is 0 Å². The molecule has 76 valence electrons. The number of nitrogens with two attached hydrogens (primary N) is 1. The van der Waals surface area contributed by atoms with Gasteiger partial charge in [-0.15, -0.1) is 0 Å². The van der Waals surface area contributed by atoms with Crippen LogP contribution in [0.15, 0.2) is 29.7 Å². The summed E-state index contributed by atoms with van der Waals surface area (Å²) in [4.78, 5) is 3.89. The van der Waals surface area contributed by atoms with Gasteiger partial charge in [0.25, 0.3) is 8.32 Å². The van der Waals surface area contributed by atoms with E-state index < -0.39 is 8.32 Å². The Bertz CT molecular complexity index is 319. The van der Waals surface area contributed by atoms with Crippen LogP contribution in [0.25, 0.3) is 0 Å². The summed E-state index contributed by atoms with van der Waals surface area (Å²) < 4.78 is 5.33. The van der Waals surface area contributed by atoms with Crippen LogP contribution in [0.4, 0.5) is 0 Å². The molecule has 1 aromatic heterocycles. The molecule has 0 saturated carbocycles. The van der Waals surface area contributed by atoms with E-state index in [1.807, 2.05) is 0 Å². The number of aromatic nitrogens is 1. The Morgan fingerprint density at radius 3 is 2.43 bits per heavy atom. The summed E-state index contributed by atoms with van der Waals surface area (Å²) >= 11 is 0. The second-order valence-electron chi connectivity index (χ2n) is 3.92. The van der Waals surface area contributed by atoms with E-state index >= 15 is 0 Å². The van der Waals surface area contributed by atoms with Crippen LogP contribution >= 0.6 is 0 Å². The van der Waals surface area contributed by atoms with Gasteiger partial charge >= 0.3 is 0 Å². The lowest BCUT2D eigenvalue weighted by Gasteiger charge is -2.13. The van der Waals surface area contributed by atoms with Crippen molar-refractivity contribution in [2.75, 3.05) is 0 Å². The summed E-state index contributed by atoms with van der Waals surface area (Å²) in [5.41, 5.74) is 6.55. The van der Waals surface area contributed by atoms with Crippen LogP contribution in [-0.2, 0) is 4.53 Å². The zero-order valence-corrected chi connectivity index (χ0v) is 9.69. The zero-order valence-electron chi connectivity index (χ0n) is 8.69. The van der Waals surface area contributed by atoms with Crippen LogP contribution in [0.5, 0.6) is 0 Å². The molecule has 14 heavy (non-hydrogen) atoms. The van der Waals surface area contributed by atoms with E-state index in [0.717, 1.165) is 5.56 Å². The molecule has 0 aromatic carbocycles. The summed E-state index contributed by atoms with van der Waals surface area (Å²) in [5, 5.41) is 3.89. The number of pyridine rings is 1. The Balaban J connectivity index is 2.71. The molecule has 0 fully saturated rings. The summed E-state index contributed by atoms with van der Waals surface area (Å²) in [6.45, 7) is 6.16. The molecule has 2 N–H and O–H groups in total. The third-order valence-electron chi connectivity index (χ3n) is 1.39. The Labute approximate surface area is 84.9 Å². The number of rotatable bonds is 3. The highest BCUT2D eigenvalue weighted by Gasteiger charge is 2.16. The highest BCUT2D eigenvalue weighted by molar-refractivity contribution is 6.69. The van der Waals surface area contributed by atoms with Gasteiger partial charge in [0.05, 0.1) is 0 Å². The van der Waals surface area contributed by atoms with Crippen molar-refractivity contribution in [3.63, 3.8) is 0 Å². The average molecular weight is 209 g/mol. The number of amidine groups is 1. The lowest BCUT2D eigenvalue weighted by Crippen LogP contribution is -2.25. The van der Waals surface area contributed by atoms with Crippen LogP contribution in [0, 0.1) is 0 Å². The fourth-order valence-corrected chi connectivity index (χ4v) is 1.13. The van der Waals surface area contributed by atoms with Gasteiger partial charge in [-0.05, 0) is 31.8 Å². The van der Waals surface area contributed by atoms with Crippen molar-refractivity contribution in [3.8, 4) is 0 Å². The smallest absolute Gasteiger partial charge is 0.278 e. The fraction of sp³-hybridized carbons (Fsp3) is 0.333. The standard InChI is InChI=1S/C9H15N3OSi/c1-14(2,3)13-12-9(10)8-4-6-11-7-5-8/h4-7H,1-3H3,(H2,10,12). The molecule has 0 spiro atoms. The van der Waals surface area contributed by atoms with Crippen LogP contribution < -0.4 is 5.73 Å². The SMILES string of the molecule is C[Si](C)(C)O/N=C(/N)c1ccncc1. The van der Waals surface area contributed by atoms with E-state index in [1.54, 1.807) is 24.5 Å². The minimum atomic E-state index is -1.64. The molecule has 0 radical (unpaired) electrons. The Morgan fingerprint density at radius 2 is 1.93 bits per heavy atom. The van der Waals surface area contributed by atoms with E-state index in [4.69, 9.17) is 10.3 Å². The predicted octanol–water partition coefficient (Wildman–Crippen LogP) is 1.55. The molecule has 0 atom stereocenters. The van der Waals surface area contributed by atoms with Crippen molar-refractivity contribution in [1.29, 1.82) is 0 Å². The minimum Gasteiger partial charge on any atom is -0.454 e. The second-order valence-corrected chi connectivity index (χ2v) is 8.32. The average Bonchev–Trinajstić information content (AvgIpc) is 2.14. The third-order valence-corrected chi connectivity index (χ3v) is 2.03. The molecule has 0 bridgehead atoms. The molecule has 5 heteroatoms. The molecule has 0 unspecified atom stereocenters. The van der Waals surface area contributed by atoms with Gasteiger partial charge in [-0.3, -0.25) is 4.98 Å². The van der Waals surface area contributed by atoms with Gasteiger partial charge < -0.3 is 10.3 Å². The lowest BCUT2D eigenvalue weighted by atomic mass is 10.2. The van der Waals surface area contributed by atoms with Crippen LogP contribution in [-0.4, -0.2) is 19.1 Å². The summed E-state index contributed by atoms with van der Waals surface area (Å²) in [7, 11) is -1.64. The third kappa shape index (κ3) is 3.57. The Hall–Kier alpha value is -1.36. The highest BCUT2D eigenvalue weighted by Crippen LogP contribution is 2.04. The van der Waals surface area contributed by atoms with Crippen molar-refractivity contribution in [2.45, 2.75) is 19.6 Å². The maximum absolute atomic E-state index is 5.72. The predicted molar refractivity (Wildman–Crippen MR) is 59.4 cm³/mol. The molecule has 0 saturated heterocycles. The first-order valence-corrected chi connectivity index (χ1v) is 7.82. The number of hydrogen-bond acceptors (Lipinski definition) is 3. The number of nitrogens with zero attached hydrogens (tertiary/aromatic N) is 2. The highest BCUT2D eigenvalue weighted by atomic mass is 28.4. The van der Waals surface area contributed by atoms with Crippen molar-refractivity contribution in [2.24, 2.45) is 10.9 Å². The monoisotopic (exact) mass is 209 g/mol. The molecule has 0 aliphatic rings. The van der Waals surface area contributed by atoms with Crippen molar-refractivity contribution < 1.29 is 4.53 Å². The first-order chi connectivity index (χ1) is 6.49. The van der Waals surface area contributed by atoms with Gasteiger partial charge in [0.2, 0.25) is 0 Å². The molecule has 1 rings (SSSR count). The molecular formula is C9H15N3OSi. The van der Waals surface area contributed by atoms with E-state index in [2.05, 4.69) is 29.8 Å². The van der Waals surface area contributed by atoms with Crippen molar-refractivity contribution >= 4 is 14.2 Å². The summed E-state index contributed by atoms with van der Waals surface area (Å²) in [6.07, 6.45) is 3.35. The first kappa shape index (κ1) is 10.7. The quantitative estimate of drug-likeness (QED) is 0.355. The van der Waals surface area contributed by atoms with Gasteiger partial charge in [-0.1, -0.05) is 5.16 Å². The topological polar surface area (TPSA) is 60.5 Å². The summed E-state index contributed by atoms with van der Waals surface area (Å²) in [6, 6.07) is 3.60. The molecule has 0 aliphatic heterocycles. The molecular weight excluding hydrogens is 194 g/mol. The van der Waals surface area contributed by atoms with Gasteiger partial charge in [0.1, 0.15) is 0 Å². The molecule has 1 heterocycles. The van der Waals surface area contributed by atoms with E-state index in [9.17, 15) is 0 Å². The largest absolute Gasteiger partial charge is 0.454 e. The zero-order chi connectivity index (χ0) is 10.6. The number of hydrogen-bond donors (Lipinski definition) is 1. The lowest BCUT2D eigenvalue weighted by molar-refractivity contribution is 0.335. The molecule has 1 aromatic rings. The second kappa shape index (κ2) is 4.23. The fourth-order valence-electron chi connectivity index (χ4n) is 0.761. The van der Waals surface area contributed by atoms with E-state index in [-0.39, 0.29) is 0 Å². The Morgan fingerprint density at radius 1 is 1.36 bits per heavy atom. The normalized spacial score (nSPS) is 12.6. The van der Waals surface area contributed by atoms with Gasteiger partial charge in [0.15, 0.2) is 5.84 Å². The van der Waals surface area contributed by atoms with E-state index in [0.29, 0.717) is 5.84 Å². The van der Waals surface area contributed by atoms with Crippen molar-refractivity contribution in [3.05, 3.63) is 30.1 Å². The molecule has 0 aliphatic carbocycles. The number of oxime groups is 1. The molecule has 0 amide bonds. The van der Waals surface area contributed by atoms with Crippen LogP contribution in [0.2, 0.25) is 19.6 Å². The van der Waals surface area contributed by atoms with E-state index in [1.165, 1.54) is 0 Å².